The van der Waals surface area contributed by atoms with Crippen LogP contribution in [0.2, 0.25) is 0 Å². The molecular formula is C16H24N2O2. The van der Waals surface area contributed by atoms with Crippen LogP contribution in [0.25, 0.3) is 0 Å². The number of nitrogens with zero attached hydrogens (tertiary/aromatic N) is 1. The molecule has 2 N–H and O–H groups in total. The Kier molecular flexibility index (Phi) is 4.78. The zero-order chi connectivity index (χ0) is 14.7. The van der Waals surface area contributed by atoms with Gasteiger partial charge in [-0.15, -0.1) is 0 Å². The molecule has 1 aromatic carbocycles. The Morgan fingerprint density at radius 3 is 2.60 bits per heavy atom. The van der Waals surface area contributed by atoms with Crippen molar-refractivity contribution in [3.05, 3.63) is 34.9 Å². The first-order valence-electron chi connectivity index (χ1n) is 7.18. The average Bonchev–Trinajstić information content (AvgIpc) is 2.46. The van der Waals surface area contributed by atoms with Gasteiger partial charge in [-0.1, -0.05) is 18.2 Å². The van der Waals surface area contributed by atoms with Gasteiger partial charge in [-0.2, -0.15) is 0 Å². The molecular weight excluding hydrogens is 252 g/mol. The van der Waals surface area contributed by atoms with Crippen LogP contribution in [-0.4, -0.2) is 43.2 Å². The maximum Gasteiger partial charge on any atom is 0.254 e. The van der Waals surface area contributed by atoms with Crippen LogP contribution in [0.3, 0.4) is 0 Å². The SMILES string of the molecule is COC1CCN(C(=O)c2c(C)cccc2C)C(CN)C1. The normalized spacial score (nSPS) is 22.9. The van der Waals surface area contributed by atoms with E-state index < -0.39 is 0 Å². The minimum atomic E-state index is 0.0696. The van der Waals surface area contributed by atoms with Crippen molar-refractivity contribution >= 4 is 5.91 Å². The van der Waals surface area contributed by atoms with Gasteiger partial charge in [-0.05, 0) is 37.8 Å². The number of hydrogen-bond donors (Lipinski definition) is 1. The lowest BCUT2D eigenvalue weighted by atomic mass is 9.95. The summed E-state index contributed by atoms with van der Waals surface area (Å²) in [4.78, 5) is 14.8. The third-order valence-corrected chi connectivity index (χ3v) is 4.23. The van der Waals surface area contributed by atoms with Crippen molar-refractivity contribution in [1.82, 2.24) is 4.90 Å². The minimum absolute atomic E-state index is 0.0696. The molecule has 0 aliphatic carbocycles. The molecule has 2 atom stereocenters. The molecule has 110 valence electrons. The quantitative estimate of drug-likeness (QED) is 0.917. The van der Waals surface area contributed by atoms with Gasteiger partial charge in [0.1, 0.15) is 0 Å². The number of benzene rings is 1. The van der Waals surface area contributed by atoms with E-state index in [1.165, 1.54) is 0 Å². The molecule has 0 aromatic heterocycles. The molecule has 4 heteroatoms. The topological polar surface area (TPSA) is 55.6 Å². The van der Waals surface area contributed by atoms with Crippen LogP contribution in [0.1, 0.15) is 34.3 Å². The number of methoxy groups -OCH3 is 1. The monoisotopic (exact) mass is 276 g/mol. The first kappa shape index (κ1) is 15.0. The molecule has 1 aromatic rings. The highest BCUT2D eigenvalue weighted by Crippen LogP contribution is 2.24. The Labute approximate surface area is 120 Å². The van der Waals surface area contributed by atoms with Crippen LogP contribution in [0.15, 0.2) is 18.2 Å². The molecule has 1 saturated heterocycles. The summed E-state index contributed by atoms with van der Waals surface area (Å²) in [6, 6.07) is 6.03. The summed E-state index contributed by atoms with van der Waals surface area (Å²) in [5.74, 6) is 0.102. The number of piperidine rings is 1. The predicted octanol–water partition coefficient (Wildman–Crippen LogP) is 1.88. The molecule has 0 radical (unpaired) electrons. The molecule has 2 rings (SSSR count). The summed E-state index contributed by atoms with van der Waals surface area (Å²) in [5, 5.41) is 0. The van der Waals surface area contributed by atoms with E-state index in [0.29, 0.717) is 13.1 Å². The molecule has 1 aliphatic heterocycles. The number of ether oxygens (including phenoxy) is 1. The lowest BCUT2D eigenvalue weighted by molar-refractivity contribution is 0.0138. The molecule has 0 saturated carbocycles. The molecule has 1 heterocycles. The molecule has 4 nitrogen and oxygen atoms in total. The third kappa shape index (κ3) is 2.86. The maximum absolute atomic E-state index is 12.8. The number of amides is 1. The van der Waals surface area contributed by atoms with Crippen molar-refractivity contribution in [2.75, 3.05) is 20.2 Å². The van der Waals surface area contributed by atoms with Gasteiger partial charge in [0.15, 0.2) is 0 Å². The highest BCUT2D eigenvalue weighted by Gasteiger charge is 2.32. The standard InChI is InChI=1S/C16H24N2O2/c1-11-5-4-6-12(2)15(11)16(19)18-8-7-14(20-3)9-13(18)10-17/h4-6,13-14H,7-10,17H2,1-3H3. The first-order chi connectivity index (χ1) is 9.58. The van der Waals surface area contributed by atoms with E-state index in [-0.39, 0.29) is 18.1 Å². The summed E-state index contributed by atoms with van der Waals surface area (Å²) in [6.07, 6.45) is 1.92. The number of carbonyl (C=O) groups excluding carboxylic acids is 1. The molecule has 0 spiro atoms. The summed E-state index contributed by atoms with van der Waals surface area (Å²) < 4.78 is 5.41. The summed E-state index contributed by atoms with van der Waals surface area (Å²) in [7, 11) is 1.72. The van der Waals surface area contributed by atoms with Crippen molar-refractivity contribution in [3.8, 4) is 0 Å². The lowest BCUT2D eigenvalue weighted by Gasteiger charge is -2.39. The van der Waals surface area contributed by atoms with Gasteiger partial charge in [0.2, 0.25) is 0 Å². The van der Waals surface area contributed by atoms with Gasteiger partial charge < -0.3 is 15.4 Å². The Bertz CT molecular complexity index is 467. The number of likely N-dealkylation sites (tertiary alicyclic amines) is 1. The molecule has 20 heavy (non-hydrogen) atoms. The number of hydrogen-bond acceptors (Lipinski definition) is 3. The Hall–Kier alpha value is -1.39. The fraction of sp³-hybridized carbons (Fsp3) is 0.562. The molecule has 2 unspecified atom stereocenters. The minimum Gasteiger partial charge on any atom is -0.381 e. The zero-order valence-corrected chi connectivity index (χ0v) is 12.6. The molecule has 1 amide bonds. The van der Waals surface area contributed by atoms with Crippen LogP contribution in [-0.2, 0) is 4.74 Å². The zero-order valence-electron chi connectivity index (χ0n) is 12.6. The number of nitrogens with two attached hydrogens (primary N) is 1. The molecule has 1 fully saturated rings. The van der Waals surface area contributed by atoms with E-state index in [4.69, 9.17) is 10.5 Å². The maximum atomic E-state index is 12.8. The van der Waals surface area contributed by atoms with E-state index >= 15 is 0 Å². The van der Waals surface area contributed by atoms with Gasteiger partial charge in [-0.25, -0.2) is 0 Å². The Balaban J connectivity index is 2.24. The van der Waals surface area contributed by atoms with Crippen LogP contribution >= 0.6 is 0 Å². The van der Waals surface area contributed by atoms with Gasteiger partial charge in [-0.3, -0.25) is 4.79 Å². The van der Waals surface area contributed by atoms with Crippen molar-refractivity contribution in [2.45, 2.75) is 38.8 Å². The predicted molar refractivity (Wildman–Crippen MR) is 79.8 cm³/mol. The van der Waals surface area contributed by atoms with E-state index in [1.807, 2.05) is 36.9 Å². The molecule has 1 aliphatic rings. The van der Waals surface area contributed by atoms with E-state index in [1.54, 1.807) is 7.11 Å². The number of carbonyl (C=O) groups is 1. The number of rotatable bonds is 3. The number of aryl methyl sites for hydroxylation is 2. The summed E-state index contributed by atoms with van der Waals surface area (Å²) >= 11 is 0. The second kappa shape index (κ2) is 6.37. The van der Waals surface area contributed by atoms with Crippen LogP contribution in [0.4, 0.5) is 0 Å². The van der Waals surface area contributed by atoms with Crippen LogP contribution < -0.4 is 5.73 Å². The van der Waals surface area contributed by atoms with Crippen LogP contribution in [0, 0.1) is 13.8 Å². The van der Waals surface area contributed by atoms with Gasteiger partial charge in [0.05, 0.1) is 6.10 Å². The first-order valence-corrected chi connectivity index (χ1v) is 7.18. The highest BCUT2D eigenvalue weighted by molar-refractivity contribution is 5.97. The lowest BCUT2D eigenvalue weighted by Crippen LogP contribution is -2.51. The second-order valence-electron chi connectivity index (χ2n) is 5.54. The van der Waals surface area contributed by atoms with Gasteiger partial charge >= 0.3 is 0 Å². The van der Waals surface area contributed by atoms with Crippen molar-refractivity contribution < 1.29 is 9.53 Å². The fourth-order valence-electron chi connectivity index (χ4n) is 3.01. The highest BCUT2D eigenvalue weighted by atomic mass is 16.5. The third-order valence-electron chi connectivity index (χ3n) is 4.23. The van der Waals surface area contributed by atoms with E-state index in [2.05, 4.69) is 0 Å². The van der Waals surface area contributed by atoms with Crippen molar-refractivity contribution in [3.63, 3.8) is 0 Å². The Morgan fingerprint density at radius 1 is 1.40 bits per heavy atom. The van der Waals surface area contributed by atoms with E-state index in [0.717, 1.165) is 29.5 Å². The second-order valence-corrected chi connectivity index (χ2v) is 5.54. The van der Waals surface area contributed by atoms with Crippen LogP contribution in [0.5, 0.6) is 0 Å². The fourth-order valence-corrected chi connectivity index (χ4v) is 3.01. The van der Waals surface area contributed by atoms with Gasteiger partial charge in [0, 0.05) is 31.8 Å². The summed E-state index contributed by atoms with van der Waals surface area (Å²) in [6.45, 7) is 5.17. The van der Waals surface area contributed by atoms with Gasteiger partial charge in [0.25, 0.3) is 5.91 Å². The molecule has 0 bridgehead atoms. The van der Waals surface area contributed by atoms with Crippen molar-refractivity contribution in [2.24, 2.45) is 5.73 Å². The average molecular weight is 276 g/mol. The van der Waals surface area contributed by atoms with Crippen molar-refractivity contribution in [1.29, 1.82) is 0 Å². The Morgan fingerprint density at radius 2 is 2.05 bits per heavy atom. The smallest absolute Gasteiger partial charge is 0.254 e. The summed E-state index contributed by atoms with van der Waals surface area (Å²) in [5.41, 5.74) is 8.73. The largest absolute Gasteiger partial charge is 0.381 e. The van der Waals surface area contributed by atoms with E-state index in [9.17, 15) is 4.79 Å².